The van der Waals surface area contributed by atoms with Crippen LogP contribution in [-0.4, -0.2) is 35.0 Å². The van der Waals surface area contributed by atoms with Gasteiger partial charge in [-0.25, -0.2) is 4.68 Å². The number of thioether (sulfide) groups is 1. The zero-order valence-corrected chi connectivity index (χ0v) is 15.9. The molecule has 0 saturated carbocycles. The molecule has 5 heteroatoms. The maximum absolute atomic E-state index is 6.14. The fourth-order valence-corrected chi connectivity index (χ4v) is 3.01. The minimum atomic E-state index is 0.798. The Hall–Kier alpha value is -2.24. The number of aromatic nitrogens is 2. The van der Waals surface area contributed by atoms with Gasteiger partial charge in [0.25, 0.3) is 0 Å². The molecule has 2 aromatic carbocycles. The van der Waals surface area contributed by atoms with E-state index in [1.54, 1.807) is 11.8 Å². The van der Waals surface area contributed by atoms with E-state index in [9.17, 15) is 0 Å². The molecule has 3 rings (SSSR count). The second kappa shape index (κ2) is 7.76. The van der Waals surface area contributed by atoms with Crippen molar-refractivity contribution < 1.29 is 4.74 Å². The van der Waals surface area contributed by atoms with Crippen LogP contribution in [0.4, 0.5) is 0 Å². The number of nitrogens with zero attached hydrogens (tertiary/aromatic N) is 3. The van der Waals surface area contributed by atoms with Crippen LogP contribution < -0.4 is 4.74 Å². The average molecular weight is 353 g/mol. The van der Waals surface area contributed by atoms with Gasteiger partial charge in [0.05, 0.1) is 11.4 Å². The number of hydrogen-bond donors (Lipinski definition) is 0. The van der Waals surface area contributed by atoms with E-state index in [-0.39, 0.29) is 0 Å². The molecule has 0 amide bonds. The van der Waals surface area contributed by atoms with Crippen LogP contribution in [0.3, 0.4) is 0 Å². The molecule has 1 aromatic heterocycles. The van der Waals surface area contributed by atoms with E-state index in [0.29, 0.717) is 0 Å². The zero-order valence-electron chi connectivity index (χ0n) is 15.1. The first-order chi connectivity index (χ1) is 12.0. The molecule has 3 aromatic rings. The van der Waals surface area contributed by atoms with Crippen molar-refractivity contribution in [2.24, 2.45) is 0 Å². The molecule has 4 nitrogen and oxygen atoms in total. The van der Waals surface area contributed by atoms with E-state index in [2.05, 4.69) is 48.5 Å². The van der Waals surface area contributed by atoms with Crippen molar-refractivity contribution in [3.63, 3.8) is 0 Å². The van der Waals surface area contributed by atoms with Crippen LogP contribution in [0.15, 0.2) is 59.6 Å². The van der Waals surface area contributed by atoms with E-state index < -0.39 is 0 Å². The third-order valence-corrected chi connectivity index (χ3v) is 4.55. The van der Waals surface area contributed by atoms with Crippen molar-refractivity contribution in [3.8, 4) is 17.2 Å². The summed E-state index contributed by atoms with van der Waals surface area (Å²) >= 11 is 1.72. The first-order valence-corrected chi connectivity index (χ1v) is 9.40. The van der Waals surface area contributed by atoms with Crippen LogP contribution in [0.2, 0.25) is 0 Å². The third kappa shape index (κ3) is 4.44. The summed E-state index contributed by atoms with van der Waals surface area (Å²) < 4.78 is 8.03. The van der Waals surface area contributed by atoms with Crippen LogP contribution in [0.25, 0.3) is 5.69 Å². The van der Waals surface area contributed by atoms with Crippen molar-refractivity contribution in [2.75, 3.05) is 20.4 Å². The highest BCUT2D eigenvalue weighted by molar-refractivity contribution is 7.98. The Morgan fingerprint density at radius 2 is 1.84 bits per heavy atom. The van der Waals surface area contributed by atoms with Gasteiger partial charge in [0, 0.05) is 23.2 Å². The van der Waals surface area contributed by atoms with E-state index in [1.165, 1.54) is 4.90 Å². The average Bonchev–Trinajstić information content (AvgIpc) is 3.03. The van der Waals surface area contributed by atoms with Crippen molar-refractivity contribution >= 4 is 11.8 Å². The summed E-state index contributed by atoms with van der Waals surface area (Å²) in [5.41, 5.74) is 3.17. The lowest BCUT2D eigenvalue weighted by Gasteiger charge is -2.16. The SMILES string of the molecule is CSc1ccc(Oc2ccc(-n3ccc(C)n3)cc2CN(C)C)cc1. The van der Waals surface area contributed by atoms with E-state index in [0.717, 1.165) is 35.0 Å². The van der Waals surface area contributed by atoms with Crippen LogP contribution in [-0.2, 0) is 6.54 Å². The van der Waals surface area contributed by atoms with Gasteiger partial charge >= 0.3 is 0 Å². The molecular weight excluding hydrogens is 330 g/mol. The first kappa shape index (κ1) is 17.6. The summed E-state index contributed by atoms with van der Waals surface area (Å²) in [6, 6.07) is 16.4. The molecule has 0 aliphatic carbocycles. The number of rotatable bonds is 6. The van der Waals surface area contributed by atoms with Gasteiger partial charge in [-0.2, -0.15) is 5.10 Å². The van der Waals surface area contributed by atoms with Crippen molar-refractivity contribution in [1.82, 2.24) is 14.7 Å². The highest BCUT2D eigenvalue weighted by Gasteiger charge is 2.10. The number of benzene rings is 2. The molecule has 0 spiro atoms. The molecule has 0 bridgehead atoms. The molecule has 0 unspecified atom stereocenters. The fourth-order valence-electron chi connectivity index (χ4n) is 2.60. The normalized spacial score (nSPS) is 11.1. The summed E-state index contributed by atoms with van der Waals surface area (Å²) in [5.74, 6) is 1.72. The van der Waals surface area contributed by atoms with E-state index in [1.807, 2.05) is 48.1 Å². The van der Waals surface area contributed by atoms with Gasteiger partial charge in [0.2, 0.25) is 0 Å². The van der Waals surface area contributed by atoms with Gasteiger partial charge < -0.3 is 9.64 Å². The largest absolute Gasteiger partial charge is 0.457 e. The zero-order chi connectivity index (χ0) is 17.8. The van der Waals surface area contributed by atoms with Crippen LogP contribution >= 0.6 is 11.8 Å². The molecule has 130 valence electrons. The first-order valence-electron chi connectivity index (χ1n) is 8.17. The molecule has 0 aliphatic rings. The molecule has 0 aliphatic heterocycles. The summed E-state index contributed by atoms with van der Waals surface area (Å²) in [7, 11) is 4.11. The minimum Gasteiger partial charge on any atom is -0.457 e. The van der Waals surface area contributed by atoms with Gasteiger partial charge in [-0.05, 0) is 75.8 Å². The standard InChI is InChI=1S/C20H23N3OS/c1-15-11-12-23(21-15)17-5-10-20(16(13-17)14-22(2)3)24-18-6-8-19(25-4)9-7-18/h5-13H,14H2,1-4H3. The molecule has 0 radical (unpaired) electrons. The molecule has 0 saturated heterocycles. The predicted molar refractivity (Wildman–Crippen MR) is 104 cm³/mol. The Balaban J connectivity index is 1.91. The molecular formula is C20H23N3OS. The van der Waals surface area contributed by atoms with Crippen LogP contribution in [0.1, 0.15) is 11.3 Å². The minimum absolute atomic E-state index is 0.798. The summed E-state index contributed by atoms with van der Waals surface area (Å²) in [6.07, 6.45) is 4.05. The van der Waals surface area contributed by atoms with E-state index in [4.69, 9.17) is 4.74 Å². The number of ether oxygens (including phenoxy) is 1. The summed E-state index contributed by atoms with van der Waals surface area (Å²) in [5, 5.41) is 4.49. The number of hydrogen-bond acceptors (Lipinski definition) is 4. The Kier molecular flexibility index (Phi) is 5.46. The lowest BCUT2D eigenvalue weighted by Crippen LogP contribution is -2.12. The van der Waals surface area contributed by atoms with Gasteiger partial charge in [0.15, 0.2) is 0 Å². The summed E-state index contributed by atoms with van der Waals surface area (Å²) in [6.45, 7) is 2.79. The Bertz CT molecular complexity index is 840. The molecule has 0 N–H and O–H groups in total. The maximum atomic E-state index is 6.14. The Morgan fingerprint density at radius 1 is 1.08 bits per heavy atom. The lowest BCUT2D eigenvalue weighted by atomic mass is 10.1. The highest BCUT2D eigenvalue weighted by atomic mass is 32.2. The topological polar surface area (TPSA) is 30.3 Å². The van der Waals surface area contributed by atoms with Crippen molar-refractivity contribution in [2.45, 2.75) is 18.4 Å². The summed E-state index contributed by atoms with van der Waals surface area (Å²) in [4.78, 5) is 3.36. The fraction of sp³-hybridized carbons (Fsp3) is 0.250. The molecule has 25 heavy (non-hydrogen) atoms. The van der Waals surface area contributed by atoms with Gasteiger partial charge in [-0.3, -0.25) is 0 Å². The number of aryl methyl sites for hydroxylation is 1. The monoisotopic (exact) mass is 353 g/mol. The highest BCUT2D eigenvalue weighted by Crippen LogP contribution is 2.29. The van der Waals surface area contributed by atoms with Crippen LogP contribution in [0, 0.1) is 6.92 Å². The lowest BCUT2D eigenvalue weighted by molar-refractivity contribution is 0.388. The van der Waals surface area contributed by atoms with Crippen molar-refractivity contribution in [1.29, 1.82) is 0 Å². The van der Waals surface area contributed by atoms with E-state index >= 15 is 0 Å². The Morgan fingerprint density at radius 3 is 2.44 bits per heavy atom. The second-order valence-electron chi connectivity index (χ2n) is 6.21. The van der Waals surface area contributed by atoms with Gasteiger partial charge in [-0.15, -0.1) is 11.8 Å². The molecule has 1 heterocycles. The molecule has 0 atom stereocenters. The predicted octanol–water partition coefficient (Wildman–Crippen LogP) is 4.76. The molecule has 0 fully saturated rings. The third-order valence-electron chi connectivity index (χ3n) is 3.80. The van der Waals surface area contributed by atoms with Crippen LogP contribution in [0.5, 0.6) is 11.5 Å². The second-order valence-corrected chi connectivity index (χ2v) is 7.09. The quantitative estimate of drug-likeness (QED) is 0.598. The van der Waals surface area contributed by atoms with Gasteiger partial charge in [0.1, 0.15) is 11.5 Å². The van der Waals surface area contributed by atoms with Crippen molar-refractivity contribution in [3.05, 3.63) is 66.0 Å². The Labute approximate surface area is 153 Å². The van der Waals surface area contributed by atoms with Gasteiger partial charge in [-0.1, -0.05) is 0 Å². The smallest absolute Gasteiger partial charge is 0.132 e. The maximum Gasteiger partial charge on any atom is 0.132 e.